The molecular weight excluding hydrogens is 636 g/mol. The Hall–Kier alpha value is -0.303. The van der Waals surface area contributed by atoms with Crippen molar-refractivity contribution in [3.8, 4) is 0 Å². The van der Waals surface area contributed by atoms with Crippen LogP contribution in [0, 0.1) is 0 Å². The van der Waals surface area contributed by atoms with E-state index in [2.05, 4.69) is 25.4 Å². The first-order valence-corrected chi connectivity index (χ1v) is 20.8. The van der Waals surface area contributed by atoms with E-state index in [0.717, 1.165) is 19.5 Å². The number of unbranched alkanes of at least 4 members (excludes halogenated alkanes) is 15. The molecule has 0 amide bonds. The molecule has 0 rings (SSSR count). The van der Waals surface area contributed by atoms with E-state index >= 15 is 0 Å². The summed E-state index contributed by atoms with van der Waals surface area (Å²) < 4.78 is 18.6. The van der Waals surface area contributed by atoms with Crippen LogP contribution in [-0.2, 0) is 13.3 Å². The molecule has 0 aliphatic heterocycles. The van der Waals surface area contributed by atoms with Crippen molar-refractivity contribution < 1.29 is 60.3 Å². The third-order valence-electron chi connectivity index (χ3n) is 9.29. The molecule has 0 spiro atoms. The standard InChI is InChI=1S/C34H76N4O9Si/c1-3-4-5-6-7-8-9-10-11-12-13-14-15-16-17-18-20-38(2)21-19-22-48(45-29-32(35,23-39)24-40,46-30-33(36,25-41)26-42)47-31-34(37,27-43)28-44/h39-44H,3-31,35-37H2,1-2H3/p+3. The molecule has 13 nitrogen and oxygen atoms in total. The summed E-state index contributed by atoms with van der Waals surface area (Å²) in [4.78, 5) is 1.36. The SMILES string of the molecule is CCCCCCCCCCCCCCCCCC[NH+](C)CCC[Si](OCC(N)(CO)CO)(OCC([NH3+])(CO)CO)OCC([NH3+])(CO)CO. The van der Waals surface area contributed by atoms with Crippen molar-refractivity contribution in [3.05, 3.63) is 0 Å². The Balaban J connectivity index is 4.80. The van der Waals surface area contributed by atoms with Crippen LogP contribution < -0.4 is 22.1 Å². The molecule has 15 N–H and O–H groups in total. The fourth-order valence-electron chi connectivity index (χ4n) is 5.25. The van der Waals surface area contributed by atoms with E-state index in [9.17, 15) is 30.6 Å². The lowest BCUT2D eigenvalue weighted by Crippen LogP contribution is -3.09. The van der Waals surface area contributed by atoms with Crippen LogP contribution in [0.15, 0.2) is 0 Å². The fourth-order valence-corrected chi connectivity index (χ4v) is 8.10. The number of quaternary nitrogens is 3. The van der Waals surface area contributed by atoms with Crippen molar-refractivity contribution in [2.24, 2.45) is 5.73 Å². The van der Waals surface area contributed by atoms with Gasteiger partial charge >= 0.3 is 8.80 Å². The zero-order valence-corrected chi connectivity index (χ0v) is 31.9. The average Bonchev–Trinajstić information content (AvgIpc) is 3.11. The number of aliphatic hydroxyl groups is 6. The number of hydrogen-bond acceptors (Lipinski definition) is 10. The number of nitrogens with two attached hydrogens (primary N) is 1. The van der Waals surface area contributed by atoms with Crippen molar-refractivity contribution in [2.75, 3.05) is 79.6 Å². The van der Waals surface area contributed by atoms with E-state index < -0.39 is 65.1 Å². The number of hydrogen-bond donors (Lipinski definition) is 10. The molecule has 14 heteroatoms. The largest absolute Gasteiger partial charge is 0.501 e. The van der Waals surface area contributed by atoms with E-state index in [1.54, 1.807) is 0 Å². The third kappa shape index (κ3) is 22.5. The molecule has 48 heavy (non-hydrogen) atoms. The summed E-state index contributed by atoms with van der Waals surface area (Å²) in [6, 6.07) is 0.329. The Morgan fingerprint density at radius 2 is 0.854 bits per heavy atom. The summed E-state index contributed by atoms with van der Waals surface area (Å²) in [7, 11) is -1.56. The highest BCUT2D eigenvalue weighted by atomic mass is 28.4. The molecule has 0 aromatic heterocycles. The van der Waals surface area contributed by atoms with Crippen LogP contribution >= 0.6 is 0 Å². The highest BCUT2D eigenvalue weighted by molar-refractivity contribution is 6.60. The molecule has 0 heterocycles. The van der Waals surface area contributed by atoms with E-state index in [-0.39, 0.29) is 19.8 Å². The quantitative estimate of drug-likeness (QED) is 0.0274. The first-order chi connectivity index (χ1) is 22.9. The van der Waals surface area contributed by atoms with Gasteiger partial charge in [-0.25, -0.2) is 0 Å². The van der Waals surface area contributed by atoms with Crippen LogP contribution in [0.5, 0.6) is 0 Å². The lowest BCUT2D eigenvalue weighted by atomic mass is 10.0. The second-order valence-corrected chi connectivity index (χ2v) is 17.5. The minimum Gasteiger partial charge on any atom is -0.394 e. The monoisotopic (exact) mass is 716 g/mol. The maximum absolute atomic E-state index is 9.80. The number of nitrogens with one attached hydrogen (secondary N) is 1. The summed E-state index contributed by atoms with van der Waals surface area (Å²) >= 11 is 0. The molecule has 1 atom stereocenters. The van der Waals surface area contributed by atoms with Gasteiger partial charge in [-0.1, -0.05) is 96.8 Å². The number of aliphatic hydroxyl groups excluding tert-OH is 6. The lowest BCUT2D eigenvalue weighted by molar-refractivity contribution is -0.879. The summed E-state index contributed by atoms with van der Waals surface area (Å²) in [5.41, 5.74) is 9.96. The van der Waals surface area contributed by atoms with E-state index in [0.29, 0.717) is 12.5 Å². The zero-order valence-electron chi connectivity index (χ0n) is 30.9. The summed E-state index contributed by atoms with van der Waals surface area (Å²) in [6.07, 6.45) is 22.1. The Bertz CT molecular complexity index is 678. The van der Waals surface area contributed by atoms with Crippen LogP contribution in [0.3, 0.4) is 0 Å². The van der Waals surface area contributed by atoms with Crippen molar-refractivity contribution in [2.45, 2.75) is 139 Å². The Morgan fingerprint density at radius 1 is 0.521 bits per heavy atom. The molecule has 0 aliphatic carbocycles. The molecule has 1 unspecified atom stereocenters. The summed E-state index contributed by atoms with van der Waals surface area (Å²) in [6.45, 7) is 0.594. The van der Waals surface area contributed by atoms with Crippen LogP contribution in [0.4, 0.5) is 0 Å². The van der Waals surface area contributed by atoms with Crippen molar-refractivity contribution in [1.29, 1.82) is 0 Å². The van der Waals surface area contributed by atoms with Gasteiger partial charge in [0.05, 0.1) is 58.7 Å². The second kappa shape index (κ2) is 28.3. The van der Waals surface area contributed by atoms with Crippen molar-refractivity contribution >= 4 is 8.80 Å². The fraction of sp³-hybridized carbons (Fsp3) is 1.00. The van der Waals surface area contributed by atoms with Crippen LogP contribution in [0.1, 0.15) is 116 Å². The third-order valence-corrected chi connectivity index (χ3v) is 12.0. The zero-order chi connectivity index (χ0) is 36.2. The Morgan fingerprint density at radius 3 is 1.21 bits per heavy atom. The highest BCUT2D eigenvalue weighted by Gasteiger charge is 2.48. The molecule has 290 valence electrons. The predicted molar refractivity (Wildman–Crippen MR) is 190 cm³/mol. The van der Waals surface area contributed by atoms with Gasteiger partial charge in [0, 0.05) is 12.5 Å². The normalized spacial score (nSPS) is 13.8. The Kier molecular flexibility index (Phi) is 28.1. The number of rotatable bonds is 36. The predicted octanol–water partition coefficient (Wildman–Crippen LogP) is -1.25. The first kappa shape index (κ1) is 47.7. The van der Waals surface area contributed by atoms with Crippen LogP contribution in [0.25, 0.3) is 0 Å². The molecule has 0 saturated carbocycles. The Labute approximate surface area is 292 Å². The molecule has 0 aromatic carbocycles. The second-order valence-electron chi connectivity index (χ2n) is 14.7. The summed E-state index contributed by atoms with van der Waals surface area (Å²) in [5.74, 6) is 0. The van der Waals surface area contributed by atoms with Gasteiger partial charge < -0.3 is 66.0 Å². The van der Waals surface area contributed by atoms with E-state index in [1.165, 1.54) is 101 Å². The molecule has 0 radical (unpaired) electrons. The lowest BCUT2D eigenvalue weighted by Gasteiger charge is -2.36. The van der Waals surface area contributed by atoms with Gasteiger partial charge in [-0.3, -0.25) is 0 Å². The first-order valence-electron chi connectivity index (χ1n) is 18.8. The smallest absolute Gasteiger partial charge is 0.394 e. The van der Waals surface area contributed by atoms with Crippen molar-refractivity contribution in [1.82, 2.24) is 0 Å². The molecule has 0 aliphatic rings. The summed E-state index contributed by atoms with van der Waals surface area (Å²) in [5, 5.41) is 58.7. The maximum Gasteiger partial charge on any atom is 0.501 e. The van der Waals surface area contributed by atoms with Gasteiger partial charge in [0.1, 0.15) is 26.4 Å². The van der Waals surface area contributed by atoms with Gasteiger partial charge in [0.25, 0.3) is 0 Å². The highest BCUT2D eigenvalue weighted by Crippen LogP contribution is 2.22. The minimum absolute atomic E-state index is 0.188. The minimum atomic E-state index is -3.71. The molecule has 0 aromatic rings. The van der Waals surface area contributed by atoms with Gasteiger partial charge in [-0.05, 0) is 12.8 Å². The van der Waals surface area contributed by atoms with Crippen LogP contribution in [0.2, 0.25) is 6.04 Å². The molecule has 0 bridgehead atoms. The van der Waals surface area contributed by atoms with Crippen LogP contribution in [-0.4, -0.2) is 136 Å². The topological polar surface area (TPSA) is 235 Å². The van der Waals surface area contributed by atoms with E-state index in [4.69, 9.17) is 19.0 Å². The molecular formula is C34H79N4O9Si+3. The van der Waals surface area contributed by atoms with Gasteiger partial charge in [0.2, 0.25) is 0 Å². The van der Waals surface area contributed by atoms with Gasteiger partial charge in [0.15, 0.2) is 11.1 Å². The van der Waals surface area contributed by atoms with Crippen molar-refractivity contribution in [3.63, 3.8) is 0 Å². The average molecular weight is 716 g/mol. The molecule has 0 saturated heterocycles. The maximum atomic E-state index is 9.80. The molecule has 0 fully saturated rings. The van der Waals surface area contributed by atoms with Gasteiger partial charge in [-0.15, -0.1) is 0 Å². The van der Waals surface area contributed by atoms with Gasteiger partial charge in [-0.2, -0.15) is 0 Å². The van der Waals surface area contributed by atoms with E-state index in [1.807, 2.05) is 0 Å².